The highest BCUT2D eigenvalue weighted by Crippen LogP contribution is 2.33. The lowest BCUT2D eigenvalue weighted by atomic mass is 10.1. The van der Waals surface area contributed by atoms with Crippen molar-refractivity contribution in [3.8, 4) is 11.5 Å². The van der Waals surface area contributed by atoms with Crippen molar-refractivity contribution in [2.45, 2.75) is 12.2 Å². The van der Waals surface area contributed by atoms with E-state index in [1.807, 2.05) is 30.0 Å². The summed E-state index contributed by atoms with van der Waals surface area (Å²) in [4.78, 5) is 11.8. The molecule has 2 aromatic rings. The maximum absolute atomic E-state index is 5.49. The Kier molecular flexibility index (Phi) is 4.92. The number of anilines is 2. The Balaban J connectivity index is 1.37. The minimum absolute atomic E-state index is 0.264. The molecule has 3 aliphatic rings. The van der Waals surface area contributed by atoms with Crippen LogP contribution in [-0.2, 0) is 16.9 Å². The molecule has 1 saturated heterocycles. The summed E-state index contributed by atoms with van der Waals surface area (Å²) in [6, 6.07) is 5.72. The maximum Gasteiger partial charge on any atom is 0.245 e. The van der Waals surface area contributed by atoms with Crippen molar-refractivity contribution < 1.29 is 14.2 Å². The Morgan fingerprint density at radius 2 is 2.04 bits per heavy atom. The summed E-state index contributed by atoms with van der Waals surface area (Å²) in [5.74, 6) is 5.09. The van der Waals surface area contributed by atoms with Gasteiger partial charge in [0.15, 0.2) is 11.5 Å². The smallest absolute Gasteiger partial charge is 0.245 e. The molecule has 1 fully saturated rings. The van der Waals surface area contributed by atoms with Crippen LogP contribution in [0.5, 0.6) is 11.5 Å². The molecule has 4 heterocycles. The second-order valence-corrected chi connectivity index (χ2v) is 7.79. The van der Waals surface area contributed by atoms with Crippen LogP contribution in [0.3, 0.4) is 0 Å². The molecule has 0 spiro atoms. The van der Waals surface area contributed by atoms with Crippen molar-refractivity contribution in [1.82, 2.24) is 9.97 Å². The third kappa shape index (κ3) is 3.59. The van der Waals surface area contributed by atoms with Gasteiger partial charge < -0.3 is 19.1 Å². The van der Waals surface area contributed by atoms with Gasteiger partial charge >= 0.3 is 0 Å². The van der Waals surface area contributed by atoms with Gasteiger partial charge in [0, 0.05) is 24.4 Å². The van der Waals surface area contributed by atoms with Gasteiger partial charge in [-0.2, -0.15) is 21.8 Å². The van der Waals surface area contributed by atoms with Gasteiger partial charge in [-0.3, -0.25) is 0 Å². The molecule has 0 saturated carbocycles. The zero-order valence-electron chi connectivity index (χ0n) is 15.4. The first kappa shape index (κ1) is 17.6. The fourth-order valence-electron chi connectivity index (χ4n) is 3.46. The number of thioether (sulfide) groups is 1. The van der Waals surface area contributed by atoms with Gasteiger partial charge in [0.2, 0.25) is 12.7 Å². The molecule has 146 valence electrons. The van der Waals surface area contributed by atoms with Crippen LogP contribution in [0.1, 0.15) is 16.8 Å². The molecular formula is C19H21N5O3S. The van der Waals surface area contributed by atoms with Crippen LogP contribution < -0.4 is 19.8 Å². The number of nitrogens with zero attached hydrogens (tertiary/aromatic N) is 4. The second kappa shape index (κ2) is 7.84. The van der Waals surface area contributed by atoms with Crippen molar-refractivity contribution in [3.63, 3.8) is 0 Å². The number of hydrogen-bond donors (Lipinski definition) is 1. The Hall–Kier alpha value is -2.52. The van der Waals surface area contributed by atoms with E-state index in [9.17, 15) is 0 Å². The predicted molar refractivity (Wildman–Crippen MR) is 109 cm³/mol. The average molecular weight is 399 g/mol. The van der Waals surface area contributed by atoms with Crippen LogP contribution in [0.2, 0.25) is 0 Å². The number of benzene rings is 1. The van der Waals surface area contributed by atoms with Crippen LogP contribution in [0.25, 0.3) is 0 Å². The Labute approximate surface area is 167 Å². The summed E-state index contributed by atoms with van der Waals surface area (Å²) < 4.78 is 16.2. The standard InChI is InChI=1S/C19H21N5O3S/c1-2-16-17(27-12-26-16)9-13(1)10-20-23-19-21-15-3-8-28-11-14(15)18(22-19)24-4-6-25-7-5-24/h1-2,9-10H,3-8,11-12H2,(H,21,22,23)/b20-10+. The summed E-state index contributed by atoms with van der Waals surface area (Å²) in [6.45, 7) is 3.44. The highest BCUT2D eigenvalue weighted by molar-refractivity contribution is 7.98. The molecule has 28 heavy (non-hydrogen) atoms. The molecule has 0 atom stereocenters. The molecular weight excluding hydrogens is 378 g/mol. The fraction of sp³-hybridized carbons (Fsp3) is 0.421. The molecule has 5 rings (SSSR count). The molecule has 3 aliphatic heterocycles. The largest absolute Gasteiger partial charge is 0.454 e. The Morgan fingerprint density at radius 1 is 1.14 bits per heavy atom. The summed E-state index contributed by atoms with van der Waals surface area (Å²) in [7, 11) is 0. The first-order chi connectivity index (χ1) is 13.9. The van der Waals surface area contributed by atoms with Crippen LogP contribution in [0.4, 0.5) is 11.8 Å². The molecule has 1 aromatic heterocycles. The topological polar surface area (TPSA) is 81.1 Å². The Morgan fingerprint density at radius 3 is 2.96 bits per heavy atom. The zero-order chi connectivity index (χ0) is 18.8. The van der Waals surface area contributed by atoms with Crippen molar-refractivity contribution in [2.24, 2.45) is 5.10 Å². The lowest BCUT2D eigenvalue weighted by molar-refractivity contribution is 0.122. The number of aryl methyl sites for hydroxylation is 1. The third-order valence-corrected chi connectivity index (χ3v) is 5.87. The van der Waals surface area contributed by atoms with Gasteiger partial charge in [-0.25, -0.2) is 10.4 Å². The van der Waals surface area contributed by atoms with Gasteiger partial charge in [-0.1, -0.05) is 0 Å². The number of morpholine rings is 1. The Bertz CT molecular complexity index is 901. The summed E-state index contributed by atoms with van der Waals surface area (Å²) in [6.07, 6.45) is 2.69. The number of fused-ring (bicyclic) bond motifs is 2. The predicted octanol–water partition coefficient (Wildman–Crippen LogP) is 2.28. The summed E-state index contributed by atoms with van der Waals surface area (Å²) in [5.41, 5.74) is 6.29. The van der Waals surface area contributed by atoms with Gasteiger partial charge in [-0.05, 0) is 35.9 Å². The van der Waals surface area contributed by atoms with E-state index >= 15 is 0 Å². The van der Waals surface area contributed by atoms with Crippen molar-refractivity contribution in [3.05, 3.63) is 35.0 Å². The molecule has 8 nitrogen and oxygen atoms in total. The average Bonchev–Trinajstić information content (AvgIpc) is 3.22. The van der Waals surface area contributed by atoms with E-state index < -0.39 is 0 Å². The first-order valence-electron chi connectivity index (χ1n) is 9.36. The molecule has 0 unspecified atom stereocenters. The number of hydrazone groups is 1. The molecule has 0 amide bonds. The van der Waals surface area contributed by atoms with Crippen LogP contribution in [0.15, 0.2) is 23.3 Å². The van der Waals surface area contributed by atoms with Crippen molar-refractivity contribution in [2.75, 3.05) is 49.2 Å². The quantitative estimate of drug-likeness (QED) is 0.620. The van der Waals surface area contributed by atoms with Crippen LogP contribution in [-0.4, -0.2) is 55.0 Å². The third-order valence-electron chi connectivity index (χ3n) is 4.89. The van der Waals surface area contributed by atoms with E-state index in [1.54, 1.807) is 6.21 Å². The van der Waals surface area contributed by atoms with E-state index in [0.29, 0.717) is 5.95 Å². The van der Waals surface area contributed by atoms with Gasteiger partial charge in [0.1, 0.15) is 5.82 Å². The normalized spacial score (nSPS) is 18.4. The molecule has 1 aromatic carbocycles. The van der Waals surface area contributed by atoms with Crippen molar-refractivity contribution in [1.29, 1.82) is 0 Å². The number of nitrogens with one attached hydrogen (secondary N) is 1. The second-order valence-electron chi connectivity index (χ2n) is 6.68. The van der Waals surface area contributed by atoms with E-state index in [1.165, 1.54) is 5.56 Å². The molecule has 0 bridgehead atoms. The molecule has 9 heteroatoms. The summed E-state index contributed by atoms with van der Waals surface area (Å²) >= 11 is 1.94. The van der Waals surface area contributed by atoms with E-state index in [4.69, 9.17) is 24.2 Å². The fourth-order valence-corrected chi connectivity index (χ4v) is 4.44. The molecule has 0 radical (unpaired) electrons. The minimum Gasteiger partial charge on any atom is -0.454 e. The van der Waals surface area contributed by atoms with E-state index in [0.717, 1.165) is 72.8 Å². The van der Waals surface area contributed by atoms with Crippen LogP contribution >= 0.6 is 11.8 Å². The maximum atomic E-state index is 5.49. The number of hydrogen-bond acceptors (Lipinski definition) is 9. The summed E-state index contributed by atoms with van der Waals surface area (Å²) in [5, 5.41) is 4.33. The minimum atomic E-state index is 0.264. The highest BCUT2D eigenvalue weighted by Gasteiger charge is 2.23. The van der Waals surface area contributed by atoms with Crippen molar-refractivity contribution >= 4 is 29.7 Å². The number of rotatable bonds is 4. The van der Waals surface area contributed by atoms with Crippen LogP contribution in [0, 0.1) is 0 Å². The number of aromatic nitrogens is 2. The van der Waals surface area contributed by atoms with Gasteiger partial charge in [0.25, 0.3) is 0 Å². The van der Waals surface area contributed by atoms with Gasteiger partial charge in [-0.15, -0.1) is 0 Å². The number of ether oxygens (including phenoxy) is 3. The lowest BCUT2D eigenvalue weighted by Gasteiger charge is -2.31. The molecule has 1 N–H and O–H groups in total. The van der Waals surface area contributed by atoms with E-state index in [2.05, 4.69) is 15.4 Å². The SMILES string of the molecule is C(=N\Nc1nc2c(c(N3CCOCC3)n1)CSCC2)/c1ccc2c(c1)OCO2. The van der Waals surface area contributed by atoms with Gasteiger partial charge in [0.05, 0.1) is 25.1 Å². The lowest BCUT2D eigenvalue weighted by Crippen LogP contribution is -2.38. The monoisotopic (exact) mass is 399 g/mol. The zero-order valence-corrected chi connectivity index (χ0v) is 16.2. The van der Waals surface area contributed by atoms with E-state index in [-0.39, 0.29) is 6.79 Å². The molecule has 0 aliphatic carbocycles. The highest BCUT2D eigenvalue weighted by atomic mass is 32.2. The first-order valence-corrected chi connectivity index (χ1v) is 10.5.